The lowest BCUT2D eigenvalue weighted by atomic mass is 9.89. The van der Waals surface area contributed by atoms with E-state index in [2.05, 4.69) is 0 Å². The molecule has 0 bridgehead atoms. The predicted molar refractivity (Wildman–Crippen MR) is 103 cm³/mol. The van der Waals surface area contributed by atoms with Crippen molar-refractivity contribution >= 4 is 11.9 Å². The molecule has 1 aliphatic rings. The first-order valence-electron chi connectivity index (χ1n) is 9.32. The number of carbonyl (C=O) groups is 2. The number of hydrogen-bond donors (Lipinski definition) is 1. The first-order chi connectivity index (χ1) is 13.0. The predicted octanol–water partition coefficient (Wildman–Crippen LogP) is 3.75. The third-order valence-electron chi connectivity index (χ3n) is 4.89. The summed E-state index contributed by atoms with van der Waals surface area (Å²) < 4.78 is 5.71. The van der Waals surface area contributed by atoms with Gasteiger partial charge in [-0.15, -0.1) is 0 Å². The number of carbonyl (C=O) groups excluding carboxylic acids is 1. The topological polar surface area (TPSA) is 66.8 Å². The molecule has 0 radical (unpaired) electrons. The molecule has 2 aromatic carbocycles. The zero-order valence-electron chi connectivity index (χ0n) is 15.6. The molecule has 0 saturated heterocycles. The van der Waals surface area contributed by atoms with Crippen molar-refractivity contribution in [2.75, 3.05) is 13.2 Å². The second kappa shape index (κ2) is 8.71. The molecule has 0 fully saturated rings. The molecule has 5 nitrogen and oxygen atoms in total. The van der Waals surface area contributed by atoms with E-state index in [0.717, 1.165) is 35.3 Å². The van der Waals surface area contributed by atoms with Crippen molar-refractivity contribution in [1.29, 1.82) is 0 Å². The van der Waals surface area contributed by atoms with Crippen LogP contribution >= 0.6 is 0 Å². The zero-order chi connectivity index (χ0) is 19.2. The molecule has 3 rings (SSSR count). The monoisotopic (exact) mass is 367 g/mol. The minimum atomic E-state index is -0.883. The van der Waals surface area contributed by atoms with Crippen molar-refractivity contribution in [2.45, 2.75) is 38.6 Å². The third-order valence-corrected chi connectivity index (χ3v) is 4.89. The number of ether oxygens (including phenoxy) is 1. The number of benzene rings is 2. The molecule has 0 spiro atoms. The molecule has 1 amide bonds. The Kier molecular flexibility index (Phi) is 6.12. The van der Waals surface area contributed by atoms with Crippen molar-refractivity contribution < 1.29 is 19.4 Å². The van der Waals surface area contributed by atoms with Crippen LogP contribution in [0.5, 0.6) is 5.75 Å². The van der Waals surface area contributed by atoms with Crippen LogP contribution in [0.15, 0.2) is 48.5 Å². The molecular formula is C22H25NO4. The van der Waals surface area contributed by atoms with Gasteiger partial charge < -0.3 is 14.7 Å². The highest BCUT2D eigenvalue weighted by Gasteiger charge is 2.31. The molecule has 27 heavy (non-hydrogen) atoms. The maximum atomic E-state index is 12.5. The number of amides is 1. The fourth-order valence-corrected chi connectivity index (χ4v) is 3.44. The average Bonchev–Trinajstić information content (AvgIpc) is 2.66. The van der Waals surface area contributed by atoms with Gasteiger partial charge in [-0.3, -0.25) is 9.59 Å². The number of carboxylic acid groups (broad SMARTS) is 1. The van der Waals surface area contributed by atoms with Gasteiger partial charge in [0.05, 0.1) is 12.5 Å². The maximum absolute atomic E-state index is 12.5. The molecule has 142 valence electrons. The smallest absolute Gasteiger partial charge is 0.312 e. The van der Waals surface area contributed by atoms with Crippen LogP contribution in [0.3, 0.4) is 0 Å². The number of fused-ring (bicyclic) bond motifs is 1. The highest BCUT2D eigenvalue weighted by Crippen LogP contribution is 2.29. The van der Waals surface area contributed by atoms with E-state index in [-0.39, 0.29) is 12.5 Å². The first kappa shape index (κ1) is 19.0. The zero-order valence-corrected chi connectivity index (χ0v) is 15.6. The van der Waals surface area contributed by atoms with Gasteiger partial charge in [-0.2, -0.15) is 0 Å². The van der Waals surface area contributed by atoms with Crippen LogP contribution in [0, 0.1) is 6.92 Å². The standard InChI is InChI=1S/C22H25NO4/c1-16-7-6-9-18(13-16)27-12-5-4-11-21(24)23-14-17-8-2-3-10-19(17)20(15-23)22(25)26/h2-3,6-10,13,20H,4-5,11-12,14-15H2,1H3,(H,25,26). The number of carboxylic acids is 1. The molecule has 5 heteroatoms. The Morgan fingerprint density at radius 3 is 2.74 bits per heavy atom. The molecule has 1 atom stereocenters. The summed E-state index contributed by atoms with van der Waals surface area (Å²) in [6.45, 7) is 3.31. The minimum Gasteiger partial charge on any atom is -0.494 e. The van der Waals surface area contributed by atoms with Crippen molar-refractivity contribution in [3.63, 3.8) is 0 Å². The normalized spacial score (nSPS) is 15.9. The number of aryl methyl sites for hydroxylation is 1. The Hall–Kier alpha value is -2.82. The molecule has 1 aliphatic heterocycles. The highest BCUT2D eigenvalue weighted by molar-refractivity contribution is 5.81. The van der Waals surface area contributed by atoms with Crippen molar-refractivity contribution in [2.24, 2.45) is 0 Å². The second-order valence-electron chi connectivity index (χ2n) is 6.99. The van der Waals surface area contributed by atoms with Gasteiger partial charge in [0.1, 0.15) is 5.75 Å². The number of aliphatic carboxylic acids is 1. The van der Waals surface area contributed by atoms with Gasteiger partial charge in [-0.1, -0.05) is 36.4 Å². The van der Waals surface area contributed by atoms with Gasteiger partial charge in [0.2, 0.25) is 5.91 Å². The Labute approximate surface area is 159 Å². The molecule has 1 heterocycles. The van der Waals surface area contributed by atoms with Crippen LogP contribution in [-0.2, 0) is 16.1 Å². The van der Waals surface area contributed by atoms with Crippen LogP contribution in [0.2, 0.25) is 0 Å². The number of rotatable bonds is 7. The summed E-state index contributed by atoms with van der Waals surface area (Å²) in [5.41, 5.74) is 2.90. The molecule has 0 aliphatic carbocycles. The molecule has 1 N–H and O–H groups in total. The SMILES string of the molecule is Cc1cccc(OCCCCC(=O)N2Cc3ccccc3C(C(=O)O)C2)c1. The Bertz CT molecular complexity index is 817. The number of hydrogen-bond acceptors (Lipinski definition) is 3. The molecule has 2 aromatic rings. The summed E-state index contributed by atoms with van der Waals surface area (Å²) >= 11 is 0. The Morgan fingerprint density at radius 1 is 1.15 bits per heavy atom. The van der Waals surface area contributed by atoms with Crippen LogP contribution in [0.25, 0.3) is 0 Å². The fraction of sp³-hybridized carbons (Fsp3) is 0.364. The number of nitrogens with zero attached hydrogens (tertiary/aromatic N) is 1. The average molecular weight is 367 g/mol. The first-order valence-corrected chi connectivity index (χ1v) is 9.32. The molecule has 0 aromatic heterocycles. The Balaban J connectivity index is 1.48. The lowest BCUT2D eigenvalue weighted by Gasteiger charge is -2.33. The van der Waals surface area contributed by atoms with E-state index in [0.29, 0.717) is 19.6 Å². The third kappa shape index (κ3) is 4.88. The van der Waals surface area contributed by atoms with Crippen LogP contribution in [0.4, 0.5) is 0 Å². The summed E-state index contributed by atoms with van der Waals surface area (Å²) in [6, 6.07) is 15.4. The van der Waals surface area contributed by atoms with E-state index in [9.17, 15) is 14.7 Å². The molecule has 0 saturated carbocycles. The maximum Gasteiger partial charge on any atom is 0.312 e. The van der Waals surface area contributed by atoms with Crippen LogP contribution in [-0.4, -0.2) is 35.0 Å². The quantitative estimate of drug-likeness (QED) is 0.757. The summed E-state index contributed by atoms with van der Waals surface area (Å²) in [4.78, 5) is 25.8. The van der Waals surface area contributed by atoms with Gasteiger partial charge >= 0.3 is 5.97 Å². The minimum absolute atomic E-state index is 0.00584. The number of unbranched alkanes of at least 4 members (excludes halogenated alkanes) is 1. The van der Waals surface area contributed by atoms with Gasteiger partial charge in [-0.25, -0.2) is 0 Å². The summed E-state index contributed by atoms with van der Waals surface area (Å²) in [5, 5.41) is 9.50. The van der Waals surface area contributed by atoms with Gasteiger partial charge in [0.25, 0.3) is 0 Å². The molecule has 1 unspecified atom stereocenters. The summed E-state index contributed by atoms with van der Waals surface area (Å²) in [5.74, 6) is -0.681. The van der Waals surface area contributed by atoms with Gasteiger partial charge in [0.15, 0.2) is 0 Å². The second-order valence-corrected chi connectivity index (χ2v) is 6.99. The van der Waals surface area contributed by atoms with Gasteiger partial charge in [0, 0.05) is 19.5 Å². The van der Waals surface area contributed by atoms with Crippen LogP contribution in [0.1, 0.15) is 41.9 Å². The lowest BCUT2D eigenvalue weighted by Crippen LogP contribution is -2.40. The summed E-state index contributed by atoms with van der Waals surface area (Å²) in [7, 11) is 0. The molecular weight excluding hydrogens is 342 g/mol. The Morgan fingerprint density at radius 2 is 1.96 bits per heavy atom. The van der Waals surface area contributed by atoms with E-state index in [1.54, 1.807) is 4.90 Å². The summed E-state index contributed by atoms with van der Waals surface area (Å²) in [6.07, 6.45) is 1.92. The van der Waals surface area contributed by atoms with E-state index >= 15 is 0 Å². The fourth-order valence-electron chi connectivity index (χ4n) is 3.44. The van der Waals surface area contributed by atoms with E-state index in [1.807, 2.05) is 55.5 Å². The van der Waals surface area contributed by atoms with E-state index in [1.165, 1.54) is 0 Å². The highest BCUT2D eigenvalue weighted by atomic mass is 16.5. The lowest BCUT2D eigenvalue weighted by molar-refractivity contribution is -0.141. The van der Waals surface area contributed by atoms with Crippen molar-refractivity contribution in [3.05, 3.63) is 65.2 Å². The van der Waals surface area contributed by atoms with Gasteiger partial charge in [-0.05, 0) is 48.6 Å². The van der Waals surface area contributed by atoms with Crippen LogP contribution < -0.4 is 4.74 Å². The van der Waals surface area contributed by atoms with Crippen molar-refractivity contribution in [1.82, 2.24) is 4.90 Å². The largest absolute Gasteiger partial charge is 0.494 e. The van der Waals surface area contributed by atoms with Crippen molar-refractivity contribution in [3.8, 4) is 5.75 Å². The van der Waals surface area contributed by atoms with E-state index in [4.69, 9.17) is 4.74 Å². The van der Waals surface area contributed by atoms with E-state index < -0.39 is 11.9 Å².